The number of fused-ring (bicyclic) bond motifs is 1. The van der Waals surface area contributed by atoms with Crippen LogP contribution in [0.4, 0.5) is 0 Å². The smallest absolute Gasteiger partial charge is 0.310 e. The summed E-state index contributed by atoms with van der Waals surface area (Å²) in [6, 6.07) is 7.80. The normalized spacial score (nSPS) is 25.0. The Hall–Kier alpha value is -1.68. The summed E-state index contributed by atoms with van der Waals surface area (Å²) in [5.41, 5.74) is -0.202. The van der Waals surface area contributed by atoms with Gasteiger partial charge in [0.15, 0.2) is 5.78 Å². The van der Waals surface area contributed by atoms with Crippen LogP contribution in [0.3, 0.4) is 0 Å². The summed E-state index contributed by atoms with van der Waals surface area (Å²) in [7, 11) is 0. The van der Waals surface area contributed by atoms with Crippen LogP contribution < -0.4 is 0 Å². The van der Waals surface area contributed by atoms with Crippen LogP contribution in [0.5, 0.6) is 0 Å². The van der Waals surface area contributed by atoms with Crippen molar-refractivity contribution in [3.05, 3.63) is 35.2 Å². The van der Waals surface area contributed by atoms with E-state index in [1.807, 2.05) is 43.5 Å². The van der Waals surface area contributed by atoms with Crippen LogP contribution in [0.15, 0.2) is 29.6 Å². The lowest BCUT2D eigenvalue weighted by molar-refractivity contribution is -0.163. The number of benzene rings is 1. The summed E-state index contributed by atoms with van der Waals surface area (Å²) in [5.74, 6) is -1.27. The van der Waals surface area contributed by atoms with E-state index >= 15 is 0 Å². The van der Waals surface area contributed by atoms with E-state index in [2.05, 4.69) is 0 Å². The Morgan fingerprint density at radius 3 is 2.62 bits per heavy atom. The van der Waals surface area contributed by atoms with Crippen molar-refractivity contribution < 1.29 is 14.7 Å². The maximum absolute atomic E-state index is 12.9. The summed E-state index contributed by atoms with van der Waals surface area (Å²) >= 11 is 1.54. The van der Waals surface area contributed by atoms with E-state index in [9.17, 15) is 14.7 Å². The fourth-order valence-corrected chi connectivity index (χ4v) is 4.47. The molecule has 1 aliphatic carbocycles. The van der Waals surface area contributed by atoms with Gasteiger partial charge in [-0.05, 0) is 24.8 Å². The molecule has 0 saturated heterocycles. The predicted octanol–water partition coefficient (Wildman–Crippen LogP) is 4.22. The van der Waals surface area contributed by atoms with Crippen molar-refractivity contribution in [2.75, 3.05) is 0 Å². The predicted molar refractivity (Wildman–Crippen MR) is 83.8 cm³/mol. The van der Waals surface area contributed by atoms with Crippen molar-refractivity contribution in [2.24, 2.45) is 17.3 Å². The minimum atomic E-state index is -0.889. The zero-order chi connectivity index (χ0) is 15.2. The average molecular weight is 302 g/mol. The van der Waals surface area contributed by atoms with Crippen LogP contribution in [0, 0.1) is 17.3 Å². The van der Waals surface area contributed by atoms with Gasteiger partial charge in [-0.3, -0.25) is 9.59 Å². The van der Waals surface area contributed by atoms with Gasteiger partial charge >= 0.3 is 5.97 Å². The highest BCUT2D eigenvalue weighted by Gasteiger charge is 2.58. The third-order valence-corrected chi connectivity index (χ3v) is 5.92. The second-order valence-corrected chi connectivity index (χ2v) is 7.01. The molecule has 2 unspecified atom stereocenters. The molecule has 21 heavy (non-hydrogen) atoms. The molecule has 110 valence electrons. The molecular formula is C17H18O3S. The van der Waals surface area contributed by atoms with Gasteiger partial charge in [0, 0.05) is 26.9 Å². The third-order valence-electron chi connectivity index (χ3n) is 4.96. The van der Waals surface area contributed by atoms with Gasteiger partial charge in [0.05, 0.1) is 5.41 Å². The molecule has 1 aromatic heterocycles. The molecule has 1 saturated carbocycles. The minimum Gasteiger partial charge on any atom is -0.481 e. The van der Waals surface area contributed by atoms with Gasteiger partial charge in [-0.2, -0.15) is 0 Å². The molecular weight excluding hydrogens is 284 g/mol. The zero-order valence-electron chi connectivity index (χ0n) is 12.1. The monoisotopic (exact) mass is 302 g/mol. The first-order valence-electron chi connectivity index (χ1n) is 7.22. The van der Waals surface area contributed by atoms with Gasteiger partial charge in [-0.25, -0.2) is 0 Å². The molecule has 0 aliphatic heterocycles. The molecule has 0 amide bonds. The van der Waals surface area contributed by atoms with Gasteiger partial charge in [0.1, 0.15) is 0 Å². The Labute approximate surface area is 127 Å². The molecule has 1 fully saturated rings. The van der Waals surface area contributed by atoms with Crippen LogP contribution in [0.1, 0.15) is 37.0 Å². The van der Waals surface area contributed by atoms with Gasteiger partial charge < -0.3 is 5.11 Å². The van der Waals surface area contributed by atoms with Crippen molar-refractivity contribution in [2.45, 2.75) is 26.7 Å². The average Bonchev–Trinajstić information content (AvgIpc) is 2.80. The molecule has 3 nitrogen and oxygen atoms in total. The number of hydrogen-bond donors (Lipinski definition) is 1. The Morgan fingerprint density at radius 1 is 1.33 bits per heavy atom. The fraction of sp³-hybridized carbons (Fsp3) is 0.412. The number of aliphatic carboxylic acids is 1. The van der Waals surface area contributed by atoms with Crippen molar-refractivity contribution in [1.29, 1.82) is 0 Å². The molecule has 2 atom stereocenters. The second kappa shape index (κ2) is 4.95. The highest BCUT2D eigenvalue weighted by Crippen LogP contribution is 2.54. The molecule has 0 radical (unpaired) electrons. The summed E-state index contributed by atoms with van der Waals surface area (Å²) in [6.45, 7) is 3.80. The SMILES string of the molecule is CC(C)C1(C(=O)O)CCC1C(=O)c1csc2ccccc12. The van der Waals surface area contributed by atoms with Gasteiger partial charge in [-0.1, -0.05) is 32.0 Å². The summed E-state index contributed by atoms with van der Waals surface area (Å²) in [6.07, 6.45) is 1.27. The molecule has 4 heteroatoms. The van der Waals surface area contributed by atoms with E-state index in [0.29, 0.717) is 18.4 Å². The number of carbonyl (C=O) groups is 2. The summed E-state index contributed by atoms with van der Waals surface area (Å²) in [5, 5.41) is 12.5. The maximum atomic E-state index is 12.9. The Kier molecular flexibility index (Phi) is 3.36. The van der Waals surface area contributed by atoms with Crippen molar-refractivity contribution in [3.63, 3.8) is 0 Å². The van der Waals surface area contributed by atoms with Crippen molar-refractivity contribution in [3.8, 4) is 0 Å². The molecule has 2 aromatic rings. The second-order valence-electron chi connectivity index (χ2n) is 6.10. The topological polar surface area (TPSA) is 54.4 Å². The number of carboxylic acid groups (broad SMARTS) is 1. The summed E-state index contributed by atoms with van der Waals surface area (Å²) < 4.78 is 1.07. The van der Waals surface area contributed by atoms with E-state index in [0.717, 1.165) is 10.1 Å². The first kappa shape index (κ1) is 14.3. The quantitative estimate of drug-likeness (QED) is 0.860. The highest BCUT2D eigenvalue weighted by molar-refractivity contribution is 7.17. The Bertz CT molecular complexity index is 716. The standard InChI is InChI=1S/C17H18O3S/c1-10(2)17(16(19)20)8-7-13(17)15(18)12-9-21-14-6-4-3-5-11(12)14/h3-6,9-10,13H,7-8H2,1-2H3,(H,19,20). The first-order valence-corrected chi connectivity index (χ1v) is 8.10. The van der Waals surface area contributed by atoms with E-state index in [1.165, 1.54) is 0 Å². The zero-order valence-corrected chi connectivity index (χ0v) is 12.9. The molecule has 1 N–H and O–H groups in total. The number of carboxylic acids is 1. The van der Waals surface area contributed by atoms with Crippen LogP contribution in [0.25, 0.3) is 10.1 Å². The van der Waals surface area contributed by atoms with Crippen LogP contribution in [-0.2, 0) is 4.79 Å². The number of thiophene rings is 1. The number of ketones is 1. The van der Waals surface area contributed by atoms with E-state index < -0.39 is 17.3 Å². The van der Waals surface area contributed by atoms with E-state index in [-0.39, 0.29) is 11.7 Å². The molecule has 1 aromatic carbocycles. The van der Waals surface area contributed by atoms with E-state index in [1.54, 1.807) is 11.3 Å². The lowest BCUT2D eigenvalue weighted by Gasteiger charge is -2.48. The number of rotatable bonds is 4. The fourth-order valence-electron chi connectivity index (χ4n) is 3.52. The van der Waals surface area contributed by atoms with E-state index in [4.69, 9.17) is 0 Å². The van der Waals surface area contributed by atoms with Gasteiger partial charge in [0.2, 0.25) is 0 Å². The number of carbonyl (C=O) groups excluding carboxylic acids is 1. The third kappa shape index (κ3) is 1.93. The highest BCUT2D eigenvalue weighted by atomic mass is 32.1. The van der Waals surface area contributed by atoms with Gasteiger partial charge in [-0.15, -0.1) is 11.3 Å². The van der Waals surface area contributed by atoms with Crippen LogP contribution in [-0.4, -0.2) is 16.9 Å². The van der Waals surface area contributed by atoms with Gasteiger partial charge in [0.25, 0.3) is 0 Å². The molecule has 1 aliphatic rings. The number of hydrogen-bond acceptors (Lipinski definition) is 3. The lowest BCUT2D eigenvalue weighted by Crippen LogP contribution is -2.53. The maximum Gasteiger partial charge on any atom is 0.310 e. The van der Waals surface area contributed by atoms with Crippen LogP contribution >= 0.6 is 11.3 Å². The first-order chi connectivity index (χ1) is 9.98. The summed E-state index contributed by atoms with van der Waals surface area (Å²) in [4.78, 5) is 24.6. The Morgan fingerprint density at radius 2 is 2.05 bits per heavy atom. The largest absolute Gasteiger partial charge is 0.481 e. The van der Waals surface area contributed by atoms with Crippen molar-refractivity contribution in [1.82, 2.24) is 0 Å². The minimum absolute atomic E-state index is 0.00481. The number of Topliss-reactive ketones (excluding diaryl/α,β-unsaturated/α-hetero) is 1. The molecule has 0 bridgehead atoms. The lowest BCUT2D eigenvalue weighted by atomic mass is 9.53. The molecule has 1 heterocycles. The van der Waals surface area contributed by atoms with Crippen LogP contribution in [0.2, 0.25) is 0 Å². The Balaban J connectivity index is 2.01. The molecule has 3 rings (SSSR count). The molecule has 0 spiro atoms. The van der Waals surface area contributed by atoms with Crippen molar-refractivity contribution >= 4 is 33.2 Å².